The van der Waals surface area contributed by atoms with Crippen LogP contribution >= 0.6 is 23.2 Å². The lowest BCUT2D eigenvalue weighted by Gasteiger charge is -2.10. The third-order valence-corrected chi connectivity index (χ3v) is 4.10. The van der Waals surface area contributed by atoms with E-state index in [4.69, 9.17) is 23.2 Å². The van der Waals surface area contributed by atoms with E-state index in [9.17, 15) is 13.2 Å². The second-order valence-corrected chi connectivity index (χ2v) is 7.24. The molecule has 0 amide bonds. The fourth-order valence-corrected chi connectivity index (χ4v) is 2.06. The number of allylic oxidation sites excluding steroid dienone is 4. The topological polar surface area (TPSA) is 12.9 Å². The average Bonchev–Trinajstić information content (AvgIpc) is 2.60. The Labute approximate surface area is 178 Å². The first-order chi connectivity index (χ1) is 12.8. The van der Waals surface area contributed by atoms with E-state index in [2.05, 4.69) is 16.8 Å². The van der Waals surface area contributed by atoms with Crippen molar-refractivity contribution < 1.29 is 13.2 Å². The molecule has 1 heterocycles. The van der Waals surface area contributed by atoms with Crippen LogP contribution in [0.5, 0.6) is 0 Å². The summed E-state index contributed by atoms with van der Waals surface area (Å²) >= 11 is 11.6. The van der Waals surface area contributed by atoms with Gasteiger partial charge in [0, 0.05) is 0 Å². The molecule has 6 heteroatoms. The van der Waals surface area contributed by atoms with E-state index in [1.807, 2.05) is 41.5 Å². The Bertz CT molecular complexity index is 701. The summed E-state index contributed by atoms with van der Waals surface area (Å²) in [6, 6.07) is 3.46. The van der Waals surface area contributed by atoms with Crippen LogP contribution in [0.25, 0.3) is 0 Å². The molecule has 0 aromatic carbocycles. The number of nitrogens with zero attached hydrogens (tertiary/aromatic N) is 1. The highest BCUT2D eigenvalue weighted by molar-refractivity contribution is 6.32. The molecular weight excluding hydrogens is 406 g/mol. The van der Waals surface area contributed by atoms with E-state index in [1.165, 1.54) is 13.0 Å². The summed E-state index contributed by atoms with van der Waals surface area (Å²) in [7, 11) is 0. The van der Waals surface area contributed by atoms with E-state index in [0.29, 0.717) is 16.1 Å². The summed E-state index contributed by atoms with van der Waals surface area (Å²) in [5.74, 6) is 5.83. The maximum absolute atomic E-state index is 12.2. The van der Waals surface area contributed by atoms with Crippen LogP contribution in [0.4, 0.5) is 13.2 Å². The molecule has 28 heavy (non-hydrogen) atoms. The predicted molar refractivity (Wildman–Crippen MR) is 116 cm³/mol. The summed E-state index contributed by atoms with van der Waals surface area (Å²) in [6.07, 6.45) is -1.94. The van der Waals surface area contributed by atoms with Crippen molar-refractivity contribution in [2.75, 3.05) is 0 Å². The molecule has 1 aromatic rings. The molecule has 0 fully saturated rings. The summed E-state index contributed by atoms with van der Waals surface area (Å²) in [5, 5.41) is 1.18. The quantitative estimate of drug-likeness (QED) is 0.263. The van der Waals surface area contributed by atoms with Gasteiger partial charge in [0.25, 0.3) is 0 Å². The van der Waals surface area contributed by atoms with Gasteiger partial charge in [0.05, 0.1) is 16.3 Å². The molecule has 0 saturated heterocycles. The van der Waals surface area contributed by atoms with Gasteiger partial charge in [-0.25, -0.2) is 4.98 Å². The first-order valence-corrected chi connectivity index (χ1v) is 9.64. The Hall–Kier alpha value is -1.44. The Kier molecular flexibility index (Phi) is 14.9. The van der Waals surface area contributed by atoms with Crippen molar-refractivity contribution >= 4 is 23.2 Å². The van der Waals surface area contributed by atoms with Crippen molar-refractivity contribution in [1.29, 1.82) is 0 Å². The van der Waals surface area contributed by atoms with Gasteiger partial charge >= 0.3 is 6.18 Å². The highest BCUT2D eigenvalue weighted by Crippen LogP contribution is 2.28. The first-order valence-electron chi connectivity index (χ1n) is 8.88. The second kappa shape index (κ2) is 14.5. The molecule has 0 unspecified atom stereocenters. The largest absolute Gasteiger partial charge is 0.416 e. The fourth-order valence-electron chi connectivity index (χ4n) is 1.58. The van der Waals surface area contributed by atoms with Crippen LogP contribution in [-0.2, 0) is 0 Å². The normalized spacial score (nSPS) is 11.8. The standard InChI is InChI=1S/C10H15F3.C8H9Cl2N.C4H6/c1-5-9(10(11,12)13)6-8(4)7(2)3;1-5(2)8-6(9)3-4-7(10)11-8;1-3-4-2/h5-7H,1-4H3;3-5H,1-2H3;1-2H3/b8-6+,9-5+;;. The zero-order valence-corrected chi connectivity index (χ0v) is 19.3. The molecule has 0 saturated carbocycles. The zero-order valence-electron chi connectivity index (χ0n) is 17.8. The number of aromatic nitrogens is 1. The van der Waals surface area contributed by atoms with E-state index in [1.54, 1.807) is 19.1 Å². The highest BCUT2D eigenvalue weighted by atomic mass is 35.5. The minimum Gasteiger partial charge on any atom is -0.239 e. The smallest absolute Gasteiger partial charge is 0.239 e. The van der Waals surface area contributed by atoms with Crippen molar-refractivity contribution in [3.63, 3.8) is 0 Å². The number of halogens is 5. The van der Waals surface area contributed by atoms with Gasteiger partial charge in [-0.05, 0) is 51.7 Å². The van der Waals surface area contributed by atoms with Gasteiger partial charge in [-0.3, -0.25) is 0 Å². The number of alkyl halides is 3. The molecule has 0 aliphatic rings. The summed E-state index contributed by atoms with van der Waals surface area (Å²) < 4.78 is 36.7. The molecule has 0 bridgehead atoms. The molecule has 1 rings (SSSR count). The van der Waals surface area contributed by atoms with Crippen molar-refractivity contribution in [3.8, 4) is 11.8 Å². The van der Waals surface area contributed by atoms with Gasteiger partial charge in [0.15, 0.2) is 0 Å². The lowest BCUT2D eigenvalue weighted by molar-refractivity contribution is -0.0884. The molecule has 1 nitrogen and oxygen atoms in total. The SMILES string of the molecule is C/C=C(\C=C(/C)C(C)C)C(F)(F)F.CC#CC.CC(C)c1nc(Cl)ccc1Cl. The van der Waals surface area contributed by atoms with Crippen molar-refractivity contribution in [2.45, 2.75) is 67.5 Å². The lowest BCUT2D eigenvalue weighted by atomic mass is 10.0. The van der Waals surface area contributed by atoms with Crippen LogP contribution in [-0.4, -0.2) is 11.2 Å². The van der Waals surface area contributed by atoms with Crippen LogP contribution in [0, 0.1) is 17.8 Å². The molecule has 0 radical (unpaired) electrons. The average molecular weight is 436 g/mol. The van der Waals surface area contributed by atoms with Gasteiger partial charge in [-0.2, -0.15) is 13.2 Å². The predicted octanol–water partition coefficient (Wildman–Crippen LogP) is 8.64. The van der Waals surface area contributed by atoms with E-state index in [0.717, 1.165) is 17.3 Å². The van der Waals surface area contributed by atoms with Crippen LogP contribution < -0.4 is 0 Å². The van der Waals surface area contributed by atoms with Gasteiger partial charge < -0.3 is 0 Å². The van der Waals surface area contributed by atoms with Gasteiger partial charge in [0.2, 0.25) is 0 Å². The molecule has 1 aromatic heterocycles. The molecule has 0 spiro atoms. The maximum atomic E-state index is 12.2. The van der Waals surface area contributed by atoms with Crippen LogP contribution in [0.2, 0.25) is 10.2 Å². The molecule has 0 atom stereocenters. The summed E-state index contributed by atoms with van der Waals surface area (Å²) in [4.78, 5) is 4.11. The highest BCUT2D eigenvalue weighted by Gasteiger charge is 2.31. The summed E-state index contributed by atoms with van der Waals surface area (Å²) in [6.45, 7) is 14.5. The molecule has 158 valence electrons. The zero-order chi connectivity index (χ0) is 22.5. The maximum Gasteiger partial charge on any atom is 0.416 e. The lowest BCUT2D eigenvalue weighted by Crippen LogP contribution is -2.10. The van der Waals surface area contributed by atoms with Gasteiger partial charge in [0.1, 0.15) is 5.15 Å². The molecule has 0 aliphatic heterocycles. The second-order valence-electron chi connectivity index (χ2n) is 6.44. The van der Waals surface area contributed by atoms with Crippen LogP contribution in [0.15, 0.2) is 35.4 Å². The fraction of sp³-hybridized carbons (Fsp3) is 0.500. The molecule has 0 aliphatic carbocycles. The van der Waals surface area contributed by atoms with Crippen molar-refractivity contribution in [2.24, 2.45) is 5.92 Å². The number of pyridine rings is 1. The van der Waals surface area contributed by atoms with Crippen molar-refractivity contribution in [1.82, 2.24) is 4.98 Å². The van der Waals surface area contributed by atoms with Crippen LogP contribution in [0.1, 0.15) is 67.0 Å². The Morgan fingerprint density at radius 2 is 1.57 bits per heavy atom. The Morgan fingerprint density at radius 1 is 1.07 bits per heavy atom. The third-order valence-electron chi connectivity index (χ3n) is 3.57. The summed E-state index contributed by atoms with van der Waals surface area (Å²) in [5.41, 5.74) is 1.03. The van der Waals surface area contributed by atoms with Crippen molar-refractivity contribution in [3.05, 3.63) is 51.3 Å². The number of rotatable bonds is 3. The third kappa shape index (κ3) is 12.9. The van der Waals surface area contributed by atoms with Gasteiger partial charge in [-0.1, -0.05) is 68.6 Å². The van der Waals surface area contributed by atoms with E-state index in [-0.39, 0.29) is 5.92 Å². The Morgan fingerprint density at radius 3 is 1.86 bits per heavy atom. The minimum atomic E-state index is -4.23. The number of hydrogen-bond acceptors (Lipinski definition) is 1. The first kappa shape index (κ1) is 28.8. The van der Waals surface area contributed by atoms with E-state index < -0.39 is 11.7 Å². The molecule has 0 N–H and O–H groups in total. The van der Waals surface area contributed by atoms with Crippen LogP contribution in [0.3, 0.4) is 0 Å². The number of hydrogen-bond donors (Lipinski definition) is 0. The monoisotopic (exact) mass is 435 g/mol. The molecular formula is C22H30Cl2F3N. The van der Waals surface area contributed by atoms with E-state index >= 15 is 0 Å². The van der Waals surface area contributed by atoms with Gasteiger partial charge in [-0.15, -0.1) is 11.8 Å². The minimum absolute atomic E-state index is 0.150. The Balaban J connectivity index is 0.